The standard InChI is InChI=1S/C21H23NO3S/c1-16-4-6-17(7-5-16)10-13-21(24)25-15-20(23)22(2)14-18-8-11-19(26-3)12-9-18/h4-13H,14-15H2,1-3H3/b13-10+. The summed E-state index contributed by atoms with van der Waals surface area (Å²) in [7, 11) is 1.70. The topological polar surface area (TPSA) is 46.6 Å². The van der Waals surface area contributed by atoms with Gasteiger partial charge in [0.25, 0.3) is 5.91 Å². The molecule has 0 unspecified atom stereocenters. The van der Waals surface area contributed by atoms with Crippen LogP contribution in [-0.4, -0.2) is 36.7 Å². The van der Waals surface area contributed by atoms with E-state index in [4.69, 9.17) is 4.74 Å². The average Bonchev–Trinajstić information content (AvgIpc) is 2.66. The number of carbonyl (C=O) groups excluding carboxylic acids is 2. The zero-order chi connectivity index (χ0) is 18.9. The van der Waals surface area contributed by atoms with Crippen LogP contribution in [0.25, 0.3) is 6.08 Å². The Bertz CT molecular complexity index is 767. The van der Waals surface area contributed by atoms with Crippen LogP contribution in [0.2, 0.25) is 0 Å². The van der Waals surface area contributed by atoms with E-state index in [9.17, 15) is 9.59 Å². The number of hydrogen-bond acceptors (Lipinski definition) is 4. The van der Waals surface area contributed by atoms with Crippen LogP contribution in [-0.2, 0) is 20.9 Å². The smallest absolute Gasteiger partial charge is 0.331 e. The highest BCUT2D eigenvalue weighted by molar-refractivity contribution is 7.98. The summed E-state index contributed by atoms with van der Waals surface area (Å²) in [6, 6.07) is 15.8. The number of ether oxygens (including phenoxy) is 1. The van der Waals surface area contributed by atoms with Gasteiger partial charge in [0.2, 0.25) is 0 Å². The van der Waals surface area contributed by atoms with E-state index in [1.807, 2.05) is 61.7 Å². The molecule has 0 radical (unpaired) electrons. The fourth-order valence-corrected chi connectivity index (χ4v) is 2.63. The number of aryl methyl sites for hydroxylation is 1. The molecule has 0 heterocycles. The van der Waals surface area contributed by atoms with E-state index in [2.05, 4.69) is 0 Å². The molecule has 0 aliphatic carbocycles. The summed E-state index contributed by atoms with van der Waals surface area (Å²) in [5, 5.41) is 0. The lowest BCUT2D eigenvalue weighted by atomic mass is 10.1. The van der Waals surface area contributed by atoms with Crippen LogP contribution in [0.15, 0.2) is 59.5 Å². The van der Waals surface area contributed by atoms with Crippen molar-refractivity contribution < 1.29 is 14.3 Å². The van der Waals surface area contributed by atoms with Crippen molar-refractivity contribution in [1.82, 2.24) is 4.90 Å². The molecular formula is C21H23NO3S. The summed E-state index contributed by atoms with van der Waals surface area (Å²) in [5.74, 6) is -0.771. The van der Waals surface area contributed by atoms with E-state index < -0.39 is 5.97 Å². The van der Waals surface area contributed by atoms with Gasteiger partial charge < -0.3 is 9.64 Å². The maximum Gasteiger partial charge on any atom is 0.331 e. The predicted molar refractivity (Wildman–Crippen MR) is 106 cm³/mol. The molecule has 26 heavy (non-hydrogen) atoms. The molecule has 2 aromatic rings. The first kappa shape index (κ1) is 19.8. The minimum absolute atomic E-state index is 0.240. The maximum atomic E-state index is 12.1. The second kappa shape index (κ2) is 9.82. The third-order valence-corrected chi connectivity index (χ3v) is 4.58. The Morgan fingerprint density at radius 3 is 2.35 bits per heavy atom. The molecular weight excluding hydrogens is 346 g/mol. The predicted octanol–water partition coefficient (Wildman–Crippen LogP) is 3.93. The molecule has 0 fully saturated rings. The van der Waals surface area contributed by atoms with Gasteiger partial charge >= 0.3 is 5.97 Å². The summed E-state index contributed by atoms with van der Waals surface area (Å²) in [6.07, 6.45) is 5.02. The van der Waals surface area contributed by atoms with Crippen molar-refractivity contribution in [2.45, 2.75) is 18.4 Å². The number of rotatable bonds is 7. The Morgan fingerprint density at radius 1 is 1.08 bits per heavy atom. The Labute approximate surface area is 158 Å². The van der Waals surface area contributed by atoms with Gasteiger partial charge in [-0.15, -0.1) is 11.8 Å². The zero-order valence-corrected chi connectivity index (χ0v) is 16.1. The lowest BCUT2D eigenvalue weighted by molar-refractivity contribution is -0.147. The molecule has 0 bridgehead atoms. The van der Waals surface area contributed by atoms with Crippen LogP contribution in [0.1, 0.15) is 16.7 Å². The molecule has 0 aromatic heterocycles. The summed E-state index contributed by atoms with van der Waals surface area (Å²) < 4.78 is 5.02. The molecule has 1 amide bonds. The van der Waals surface area contributed by atoms with E-state index in [1.54, 1.807) is 29.8 Å². The first-order valence-corrected chi connectivity index (χ1v) is 9.49. The van der Waals surface area contributed by atoms with Gasteiger partial charge in [-0.2, -0.15) is 0 Å². The first-order valence-electron chi connectivity index (χ1n) is 8.26. The molecule has 5 heteroatoms. The molecule has 136 valence electrons. The lowest BCUT2D eigenvalue weighted by Gasteiger charge is -2.17. The third-order valence-electron chi connectivity index (χ3n) is 3.83. The van der Waals surface area contributed by atoms with E-state index >= 15 is 0 Å². The van der Waals surface area contributed by atoms with Gasteiger partial charge in [0.15, 0.2) is 6.61 Å². The van der Waals surface area contributed by atoms with Crippen LogP contribution in [0, 0.1) is 6.92 Å². The summed E-state index contributed by atoms with van der Waals surface area (Å²) >= 11 is 1.67. The molecule has 0 aliphatic heterocycles. The summed E-state index contributed by atoms with van der Waals surface area (Å²) in [6.45, 7) is 2.21. The van der Waals surface area contributed by atoms with Gasteiger partial charge in [-0.1, -0.05) is 42.0 Å². The number of hydrogen-bond donors (Lipinski definition) is 0. The SMILES string of the molecule is CSc1ccc(CN(C)C(=O)COC(=O)/C=C/c2ccc(C)cc2)cc1. The normalized spacial score (nSPS) is 10.7. The molecule has 0 saturated carbocycles. The lowest BCUT2D eigenvalue weighted by Crippen LogP contribution is -2.30. The van der Waals surface area contributed by atoms with Crippen molar-refractivity contribution in [3.63, 3.8) is 0 Å². The van der Waals surface area contributed by atoms with Crippen molar-refractivity contribution in [2.24, 2.45) is 0 Å². The number of likely N-dealkylation sites (N-methyl/N-ethyl adjacent to an activating group) is 1. The van der Waals surface area contributed by atoms with Crippen LogP contribution in [0.3, 0.4) is 0 Å². The van der Waals surface area contributed by atoms with Gasteiger partial charge in [0.1, 0.15) is 0 Å². The van der Waals surface area contributed by atoms with Crippen molar-refractivity contribution >= 4 is 29.7 Å². The highest BCUT2D eigenvalue weighted by atomic mass is 32.2. The van der Waals surface area contributed by atoms with Gasteiger partial charge in [-0.3, -0.25) is 4.79 Å². The molecule has 2 rings (SSSR count). The number of esters is 1. The Morgan fingerprint density at radius 2 is 1.73 bits per heavy atom. The van der Waals surface area contributed by atoms with Crippen molar-refractivity contribution in [2.75, 3.05) is 19.9 Å². The molecule has 0 N–H and O–H groups in total. The molecule has 0 spiro atoms. The molecule has 0 saturated heterocycles. The number of benzene rings is 2. The minimum atomic E-state index is -0.531. The Balaban J connectivity index is 1.78. The number of amides is 1. The van der Waals surface area contributed by atoms with Crippen LogP contribution >= 0.6 is 11.8 Å². The second-order valence-electron chi connectivity index (χ2n) is 5.95. The molecule has 4 nitrogen and oxygen atoms in total. The zero-order valence-electron chi connectivity index (χ0n) is 15.3. The first-order chi connectivity index (χ1) is 12.5. The Hall–Kier alpha value is -2.53. The quantitative estimate of drug-likeness (QED) is 0.421. The van der Waals surface area contributed by atoms with Crippen molar-refractivity contribution in [1.29, 1.82) is 0 Å². The fourth-order valence-electron chi connectivity index (χ4n) is 2.23. The highest BCUT2D eigenvalue weighted by Gasteiger charge is 2.11. The highest BCUT2D eigenvalue weighted by Crippen LogP contribution is 2.15. The molecule has 0 aliphatic rings. The largest absolute Gasteiger partial charge is 0.452 e. The van der Waals surface area contributed by atoms with E-state index in [1.165, 1.54) is 11.0 Å². The molecule has 0 atom stereocenters. The van der Waals surface area contributed by atoms with Crippen LogP contribution in [0.5, 0.6) is 0 Å². The number of thioether (sulfide) groups is 1. The summed E-state index contributed by atoms with van der Waals surface area (Å²) in [5.41, 5.74) is 3.09. The summed E-state index contributed by atoms with van der Waals surface area (Å²) in [4.78, 5) is 26.6. The average molecular weight is 369 g/mol. The van der Waals surface area contributed by atoms with Gasteiger partial charge in [-0.25, -0.2) is 4.79 Å². The monoisotopic (exact) mass is 369 g/mol. The van der Waals surface area contributed by atoms with Gasteiger partial charge in [0, 0.05) is 24.6 Å². The third kappa shape index (κ3) is 6.41. The number of carbonyl (C=O) groups is 2. The second-order valence-corrected chi connectivity index (χ2v) is 6.83. The van der Waals surface area contributed by atoms with E-state index in [-0.39, 0.29) is 12.5 Å². The fraction of sp³-hybridized carbons (Fsp3) is 0.238. The minimum Gasteiger partial charge on any atom is -0.452 e. The van der Waals surface area contributed by atoms with Crippen LogP contribution < -0.4 is 0 Å². The van der Waals surface area contributed by atoms with E-state index in [0.717, 1.165) is 16.7 Å². The maximum absolute atomic E-state index is 12.1. The Kier molecular flexibility index (Phi) is 7.48. The van der Waals surface area contributed by atoms with Gasteiger partial charge in [-0.05, 0) is 42.5 Å². The van der Waals surface area contributed by atoms with Gasteiger partial charge in [0.05, 0.1) is 0 Å². The molecule has 2 aromatic carbocycles. The van der Waals surface area contributed by atoms with E-state index in [0.29, 0.717) is 6.54 Å². The van der Waals surface area contributed by atoms with Crippen molar-refractivity contribution in [3.8, 4) is 0 Å². The van der Waals surface area contributed by atoms with Crippen LogP contribution in [0.4, 0.5) is 0 Å². The van der Waals surface area contributed by atoms with Crippen molar-refractivity contribution in [3.05, 3.63) is 71.3 Å². The number of nitrogens with zero attached hydrogens (tertiary/aromatic N) is 1.